The van der Waals surface area contributed by atoms with Gasteiger partial charge in [-0.15, -0.1) is 0 Å². The molecule has 0 fully saturated rings. The summed E-state index contributed by atoms with van der Waals surface area (Å²) in [6, 6.07) is 0. The second-order valence-corrected chi connectivity index (χ2v) is 3.82. The fourth-order valence-corrected chi connectivity index (χ4v) is 1.79. The average molecular weight is 182 g/mol. The number of hydrogen-bond acceptors (Lipinski definition) is 2. The molecule has 1 aliphatic rings. The lowest BCUT2D eigenvalue weighted by Gasteiger charge is -2.25. The van der Waals surface area contributed by atoms with Crippen molar-refractivity contribution >= 4 is 0 Å². The molecule has 13 heavy (non-hydrogen) atoms. The number of rotatable bonds is 5. The maximum atomic E-state index is 3.36. The van der Waals surface area contributed by atoms with Gasteiger partial charge in [-0.1, -0.05) is 18.6 Å². The van der Waals surface area contributed by atoms with Crippen LogP contribution in [-0.4, -0.2) is 37.6 Å². The molecule has 0 aromatic heterocycles. The molecule has 0 atom stereocenters. The molecule has 0 bridgehead atoms. The van der Waals surface area contributed by atoms with Crippen molar-refractivity contribution in [1.82, 2.24) is 10.2 Å². The highest BCUT2D eigenvalue weighted by atomic mass is 15.1. The van der Waals surface area contributed by atoms with Crippen molar-refractivity contribution < 1.29 is 0 Å². The van der Waals surface area contributed by atoms with Gasteiger partial charge in [0.25, 0.3) is 0 Å². The fraction of sp³-hybridized carbons (Fsp3) is 0.818. The summed E-state index contributed by atoms with van der Waals surface area (Å²) in [4.78, 5) is 2.55. The van der Waals surface area contributed by atoms with E-state index in [1.54, 1.807) is 0 Å². The molecule has 0 unspecified atom stereocenters. The lowest BCUT2D eigenvalue weighted by Crippen LogP contribution is -2.32. The van der Waals surface area contributed by atoms with E-state index in [1.165, 1.54) is 38.0 Å². The first kappa shape index (κ1) is 10.7. The van der Waals surface area contributed by atoms with Crippen LogP contribution in [0.5, 0.6) is 0 Å². The van der Waals surface area contributed by atoms with Crippen LogP contribution >= 0.6 is 0 Å². The second kappa shape index (κ2) is 6.17. The minimum Gasteiger partial charge on any atom is -0.317 e. The predicted molar refractivity (Wildman–Crippen MR) is 58.0 cm³/mol. The third kappa shape index (κ3) is 4.44. The molecule has 0 aromatic rings. The minimum absolute atomic E-state index is 1.10. The molecule has 1 aliphatic heterocycles. The molecule has 0 radical (unpaired) electrons. The van der Waals surface area contributed by atoms with Gasteiger partial charge >= 0.3 is 0 Å². The normalized spacial score (nSPS) is 18.8. The fourth-order valence-electron chi connectivity index (χ4n) is 1.79. The van der Waals surface area contributed by atoms with Crippen LogP contribution in [0.15, 0.2) is 11.6 Å². The first-order chi connectivity index (χ1) is 6.33. The van der Waals surface area contributed by atoms with E-state index in [0.29, 0.717) is 0 Å². The van der Waals surface area contributed by atoms with Gasteiger partial charge in [0.05, 0.1) is 0 Å². The van der Waals surface area contributed by atoms with Crippen molar-refractivity contribution in [3.63, 3.8) is 0 Å². The zero-order valence-corrected chi connectivity index (χ0v) is 8.97. The van der Waals surface area contributed by atoms with Crippen LogP contribution in [0.1, 0.15) is 26.7 Å². The number of nitrogens with zero attached hydrogens (tertiary/aromatic N) is 1. The summed E-state index contributed by atoms with van der Waals surface area (Å²) in [5.41, 5.74) is 1.54. The standard InChI is InChI=1S/C11H22N2/c1-3-12-7-5-9-13-8-4-6-11(2)10-13/h6,12H,3-5,7-10H2,1-2H3. The maximum Gasteiger partial charge on any atom is 0.0190 e. The van der Waals surface area contributed by atoms with E-state index in [-0.39, 0.29) is 0 Å². The van der Waals surface area contributed by atoms with E-state index in [0.717, 1.165) is 13.1 Å². The van der Waals surface area contributed by atoms with Gasteiger partial charge in [0.15, 0.2) is 0 Å². The van der Waals surface area contributed by atoms with E-state index in [4.69, 9.17) is 0 Å². The Morgan fingerprint density at radius 2 is 2.38 bits per heavy atom. The first-order valence-electron chi connectivity index (χ1n) is 5.41. The van der Waals surface area contributed by atoms with Crippen LogP contribution in [0.4, 0.5) is 0 Å². The molecule has 0 saturated heterocycles. The third-order valence-electron chi connectivity index (χ3n) is 2.49. The van der Waals surface area contributed by atoms with Gasteiger partial charge < -0.3 is 5.32 Å². The topological polar surface area (TPSA) is 15.3 Å². The Balaban J connectivity index is 2.05. The van der Waals surface area contributed by atoms with Gasteiger partial charge in [0, 0.05) is 13.1 Å². The average Bonchev–Trinajstić information content (AvgIpc) is 2.13. The van der Waals surface area contributed by atoms with Crippen LogP contribution in [0.3, 0.4) is 0 Å². The van der Waals surface area contributed by atoms with E-state index in [9.17, 15) is 0 Å². The van der Waals surface area contributed by atoms with E-state index in [1.807, 2.05) is 0 Å². The lowest BCUT2D eigenvalue weighted by molar-refractivity contribution is 0.285. The van der Waals surface area contributed by atoms with Crippen molar-refractivity contribution in [1.29, 1.82) is 0 Å². The van der Waals surface area contributed by atoms with Crippen LogP contribution in [-0.2, 0) is 0 Å². The quantitative estimate of drug-likeness (QED) is 0.513. The molecule has 2 heteroatoms. The molecule has 0 saturated carbocycles. The third-order valence-corrected chi connectivity index (χ3v) is 2.49. The van der Waals surface area contributed by atoms with Crippen molar-refractivity contribution in [2.75, 3.05) is 32.7 Å². The number of nitrogens with one attached hydrogen (secondary N) is 1. The predicted octanol–water partition coefficient (Wildman–Crippen LogP) is 1.64. The van der Waals surface area contributed by atoms with Crippen molar-refractivity contribution in [2.24, 2.45) is 0 Å². The first-order valence-corrected chi connectivity index (χ1v) is 5.41. The zero-order valence-electron chi connectivity index (χ0n) is 8.97. The van der Waals surface area contributed by atoms with Crippen molar-refractivity contribution in [3.05, 3.63) is 11.6 Å². The van der Waals surface area contributed by atoms with Crippen LogP contribution in [0.25, 0.3) is 0 Å². The van der Waals surface area contributed by atoms with Crippen LogP contribution in [0, 0.1) is 0 Å². The molecule has 76 valence electrons. The summed E-state index contributed by atoms with van der Waals surface area (Å²) in [5, 5.41) is 3.36. The van der Waals surface area contributed by atoms with Gasteiger partial charge in [0.2, 0.25) is 0 Å². The van der Waals surface area contributed by atoms with Crippen LogP contribution in [0.2, 0.25) is 0 Å². The largest absolute Gasteiger partial charge is 0.317 e. The van der Waals surface area contributed by atoms with Gasteiger partial charge in [-0.2, -0.15) is 0 Å². The Labute approximate surface area is 82.0 Å². The highest BCUT2D eigenvalue weighted by molar-refractivity contribution is 5.04. The summed E-state index contributed by atoms with van der Waals surface area (Å²) in [7, 11) is 0. The minimum atomic E-state index is 1.10. The molecule has 2 nitrogen and oxygen atoms in total. The summed E-state index contributed by atoms with van der Waals surface area (Å²) in [6.07, 6.45) is 4.88. The van der Waals surface area contributed by atoms with E-state index in [2.05, 4.69) is 30.1 Å². The number of hydrogen-bond donors (Lipinski definition) is 1. The Kier molecular flexibility index (Phi) is 5.09. The van der Waals surface area contributed by atoms with Crippen LogP contribution < -0.4 is 5.32 Å². The Morgan fingerprint density at radius 3 is 3.08 bits per heavy atom. The van der Waals surface area contributed by atoms with E-state index >= 15 is 0 Å². The van der Waals surface area contributed by atoms with Gasteiger partial charge in [-0.05, 0) is 39.4 Å². The highest BCUT2D eigenvalue weighted by Crippen LogP contribution is 2.08. The molecule has 0 aromatic carbocycles. The molecule has 0 aliphatic carbocycles. The van der Waals surface area contributed by atoms with Gasteiger partial charge in [-0.25, -0.2) is 0 Å². The molecule has 0 amide bonds. The molecule has 0 spiro atoms. The molecular weight excluding hydrogens is 160 g/mol. The highest BCUT2D eigenvalue weighted by Gasteiger charge is 2.08. The summed E-state index contributed by atoms with van der Waals surface area (Å²) in [6.45, 7) is 10.3. The van der Waals surface area contributed by atoms with Crippen molar-refractivity contribution in [2.45, 2.75) is 26.7 Å². The molecule has 1 rings (SSSR count). The second-order valence-electron chi connectivity index (χ2n) is 3.82. The molecule has 1 N–H and O–H groups in total. The Hall–Kier alpha value is -0.340. The smallest absolute Gasteiger partial charge is 0.0190 e. The SMILES string of the molecule is CCNCCCN1CCC=C(C)C1. The van der Waals surface area contributed by atoms with Gasteiger partial charge in [-0.3, -0.25) is 4.90 Å². The Bertz CT molecular complexity index is 163. The van der Waals surface area contributed by atoms with Crippen molar-refractivity contribution in [3.8, 4) is 0 Å². The van der Waals surface area contributed by atoms with Gasteiger partial charge in [0.1, 0.15) is 0 Å². The van der Waals surface area contributed by atoms with E-state index < -0.39 is 0 Å². The summed E-state index contributed by atoms with van der Waals surface area (Å²) in [5.74, 6) is 0. The molecular formula is C11H22N2. The summed E-state index contributed by atoms with van der Waals surface area (Å²) >= 11 is 0. The maximum absolute atomic E-state index is 3.36. The molecule has 1 heterocycles. The lowest BCUT2D eigenvalue weighted by atomic mass is 10.1. The summed E-state index contributed by atoms with van der Waals surface area (Å²) < 4.78 is 0. The monoisotopic (exact) mass is 182 g/mol. The Morgan fingerprint density at radius 1 is 1.54 bits per heavy atom. The zero-order chi connectivity index (χ0) is 9.52.